The van der Waals surface area contributed by atoms with Gasteiger partial charge >= 0.3 is 5.97 Å². The molecule has 0 bridgehead atoms. The van der Waals surface area contributed by atoms with Gasteiger partial charge < -0.3 is 4.74 Å². The van der Waals surface area contributed by atoms with Gasteiger partial charge in [-0.05, 0) is 23.3 Å². The Morgan fingerprint density at radius 1 is 0.909 bits per heavy atom. The van der Waals surface area contributed by atoms with Gasteiger partial charge in [0.05, 0.1) is 10.8 Å². The molecule has 2 amide bonds. The van der Waals surface area contributed by atoms with Crippen LogP contribution in [0, 0.1) is 0 Å². The number of thioether (sulfide) groups is 1. The van der Waals surface area contributed by atoms with E-state index in [1.54, 1.807) is 36.4 Å². The third-order valence-corrected chi connectivity index (χ3v) is 6.63. The molecular formula is C26H21NO5S. The number of hydrogen-bond acceptors (Lipinski definition) is 6. The van der Waals surface area contributed by atoms with Gasteiger partial charge in [0.15, 0.2) is 12.4 Å². The van der Waals surface area contributed by atoms with Gasteiger partial charge in [0.25, 0.3) is 0 Å². The average molecular weight is 460 g/mol. The summed E-state index contributed by atoms with van der Waals surface area (Å²) in [5.41, 5.74) is 2.74. The zero-order valence-electron chi connectivity index (χ0n) is 17.9. The van der Waals surface area contributed by atoms with E-state index < -0.39 is 17.8 Å². The van der Waals surface area contributed by atoms with Crippen molar-refractivity contribution in [2.45, 2.75) is 16.6 Å². The summed E-state index contributed by atoms with van der Waals surface area (Å²) >= 11 is 1.15. The van der Waals surface area contributed by atoms with E-state index in [-0.39, 0.29) is 29.6 Å². The monoisotopic (exact) mass is 459 g/mol. The maximum Gasteiger partial charge on any atom is 0.339 e. The highest BCUT2D eigenvalue weighted by Crippen LogP contribution is 2.33. The lowest BCUT2D eigenvalue weighted by atomic mass is 10.0. The number of rotatable bonds is 7. The molecule has 6 nitrogen and oxygen atoms in total. The van der Waals surface area contributed by atoms with Crippen LogP contribution in [0.3, 0.4) is 0 Å². The first kappa shape index (κ1) is 22.5. The van der Waals surface area contributed by atoms with Crippen LogP contribution in [-0.4, -0.2) is 47.4 Å². The highest BCUT2D eigenvalue weighted by atomic mass is 32.2. The lowest BCUT2D eigenvalue weighted by Gasteiger charge is -2.12. The standard InChI is InChI=1S/C26H21NO5S/c1-27-24(29)15-23(25(27)30)33-22-10-6-5-9-20(22)26(31)32-16-21(28)19-13-11-18(12-14-19)17-7-3-2-4-8-17/h2-14,23H,15-16H2,1H3. The van der Waals surface area contributed by atoms with Crippen LogP contribution in [0.25, 0.3) is 11.1 Å². The number of benzene rings is 3. The molecule has 1 unspecified atom stereocenters. The Morgan fingerprint density at radius 3 is 2.21 bits per heavy atom. The molecule has 33 heavy (non-hydrogen) atoms. The molecule has 1 heterocycles. The zero-order valence-corrected chi connectivity index (χ0v) is 18.7. The molecule has 4 rings (SSSR count). The Labute approximate surface area is 195 Å². The SMILES string of the molecule is CN1C(=O)CC(Sc2ccccc2C(=O)OCC(=O)c2ccc(-c3ccccc3)cc2)C1=O. The molecule has 7 heteroatoms. The van der Waals surface area contributed by atoms with Crippen LogP contribution in [0.1, 0.15) is 27.1 Å². The van der Waals surface area contributed by atoms with Gasteiger partial charge in [-0.1, -0.05) is 66.7 Å². The van der Waals surface area contributed by atoms with E-state index in [2.05, 4.69) is 0 Å². The number of likely N-dealkylation sites (tertiary alicyclic amines) is 1. The summed E-state index contributed by atoms with van der Waals surface area (Å²) in [5.74, 6) is -1.51. The summed E-state index contributed by atoms with van der Waals surface area (Å²) in [6.45, 7) is -0.397. The molecule has 1 saturated heterocycles. The van der Waals surface area contributed by atoms with Crippen LogP contribution in [0.5, 0.6) is 0 Å². The number of carbonyl (C=O) groups excluding carboxylic acids is 4. The predicted octanol–water partition coefficient (Wildman–Crippen LogP) is 4.24. The Kier molecular flexibility index (Phi) is 6.70. The number of ketones is 1. The molecule has 1 fully saturated rings. The second-order valence-corrected chi connectivity index (χ2v) is 8.79. The molecule has 0 radical (unpaired) electrons. The molecule has 0 aromatic heterocycles. The fourth-order valence-electron chi connectivity index (χ4n) is 3.48. The fraction of sp³-hybridized carbons (Fsp3) is 0.154. The van der Waals surface area contributed by atoms with E-state index in [1.165, 1.54) is 7.05 Å². The number of nitrogens with zero attached hydrogens (tertiary/aromatic N) is 1. The van der Waals surface area contributed by atoms with Crippen LogP contribution in [0.2, 0.25) is 0 Å². The number of amides is 2. The highest BCUT2D eigenvalue weighted by molar-refractivity contribution is 8.00. The number of imide groups is 1. The van der Waals surface area contributed by atoms with E-state index in [4.69, 9.17) is 4.74 Å². The summed E-state index contributed by atoms with van der Waals surface area (Å²) in [7, 11) is 1.45. The molecule has 3 aromatic carbocycles. The molecule has 0 N–H and O–H groups in total. The van der Waals surface area contributed by atoms with Crippen LogP contribution in [-0.2, 0) is 14.3 Å². The Bertz CT molecular complexity index is 1210. The smallest absolute Gasteiger partial charge is 0.339 e. The maximum absolute atomic E-state index is 12.7. The Morgan fingerprint density at radius 2 is 1.55 bits per heavy atom. The van der Waals surface area contributed by atoms with Crippen LogP contribution in [0.15, 0.2) is 83.8 Å². The van der Waals surface area contributed by atoms with Gasteiger partial charge in [0.1, 0.15) is 0 Å². The molecule has 0 saturated carbocycles. The highest BCUT2D eigenvalue weighted by Gasteiger charge is 2.37. The Balaban J connectivity index is 1.39. The molecule has 0 spiro atoms. The van der Waals surface area contributed by atoms with E-state index in [1.807, 2.05) is 42.5 Å². The largest absolute Gasteiger partial charge is 0.454 e. The molecule has 0 aliphatic carbocycles. The van der Waals surface area contributed by atoms with E-state index in [9.17, 15) is 19.2 Å². The molecule has 1 atom stereocenters. The van der Waals surface area contributed by atoms with E-state index in [0.717, 1.165) is 27.8 Å². The quantitative estimate of drug-likeness (QED) is 0.299. The van der Waals surface area contributed by atoms with Gasteiger partial charge in [-0.3, -0.25) is 19.3 Å². The minimum absolute atomic E-state index is 0.0842. The summed E-state index contributed by atoms with van der Waals surface area (Å²) < 4.78 is 5.27. The topological polar surface area (TPSA) is 80.8 Å². The molecule has 3 aromatic rings. The Hall–Kier alpha value is -3.71. The number of esters is 1. The van der Waals surface area contributed by atoms with Gasteiger partial charge in [-0.25, -0.2) is 4.79 Å². The first-order valence-corrected chi connectivity index (χ1v) is 11.2. The van der Waals surface area contributed by atoms with Gasteiger partial charge in [0.2, 0.25) is 11.8 Å². The summed E-state index contributed by atoms with van der Waals surface area (Å²) in [6, 6.07) is 23.6. The molecule has 166 valence electrons. The molecular weight excluding hydrogens is 438 g/mol. The van der Waals surface area contributed by atoms with Crippen molar-refractivity contribution in [2.75, 3.05) is 13.7 Å². The lowest BCUT2D eigenvalue weighted by molar-refractivity contribution is -0.136. The summed E-state index contributed by atoms with van der Waals surface area (Å²) in [6.07, 6.45) is 0.0842. The summed E-state index contributed by atoms with van der Waals surface area (Å²) in [5, 5.41) is -0.582. The van der Waals surface area contributed by atoms with Crippen molar-refractivity contribution >= 4 is 35.3 Å². The van der Waals surface area contributed by atoms with Gasteiger partial charge in [-0.2, -0.15) is 0 Å². The van der Waals surface area contributed by atoms with Crippen molar-refractivity contribution in [3.8, 4) is 11.1 Å². The van der Waals surface area contributed by atoms with Crippen molar-refractivity contribution < 1.29 is 23.9 Å². The van der Waals surface area contributed by atoms with Gasteiger partial charge in [0, 0.05) is 23.9 Å². The second-order valence-electron chi connectivity index (χ2n) is 7.54. The first-order valence-electron chi connectivity index (χ1n) is 10.4. The molecule has 1 aliphatic heterocycles. The average Bonchev–Trinajstić information content (AvgIpc) is 3.09. The normalized spacial score (nSPS) is 15.5. The minimum atomic E-state index is -0.655. The van der Waals surface area contributed by atoms with Crippen LogP contribution >= 0.6 is 11.8 Å². The molecule has 1 aliphatic rings. The third-order valence-electron chi connectivity index (χ3n) is 5.36. The van der Waals surface area contributed by atoms with Crippen molar-refractivity contribution in [1.29, 1.82) is 0 Å². The number of carbonyl (C=O) groups is 4. The van der Waals surface area contributed by atoms with E-state index >= 15 is 0 Å². The minimum Gasteiger partial charge on any atom is -0.454 e. The fourth-order valence-corrected chi connectivity index (χ4v) is 4.70. The van der Waals surface area contributed by atoms with E-state index in [0.29, 0.717) is 10.5 Å². The third kappa shape index (κ3) is 5.04. The van der Waals surface area contributed by atoms with Crippen molar-refractivity contribution in [3.63, 3.8) is 0 Å². The number of Topliss-reactive ketones (excluding diaryl/α,β-unsaturated/α-hetero) is 1. The van der Waals surface area contributed by atoms with Crippen LogP contribution < -0.4 is 0 Å². The van der Waals surface area contributed by atoms with Crippen molar-refractivity contribution in [1.82, 2.24) is 4.90 Å². The number of ether oxygens (including phenoxy) is 1. The number of hydrogen-bond donors (Lipinski definition) is 0. The second kappa shape index (κ2) is 9.83. The maximum atomic E-state index is 12.7. The summed E-state index contributed by atoms with van der Waals surface area (Å²) in [4.78, 5) is 50.8. The first-order chi connectivity index (χ1) is 15.9. The lowest BCUT2D eigenvalue weighted by Crippen LogP contribution is -2.26. The predicted molar refractivity (Wildman–Crippen MR) is 125 cm³/mol. The zero-order chi connectivity index (χ0) is 23.4. The van der Waals surface area contributed by atoms with Gasteiger partial charge in [-0.15, -0.1) is 11.8 Å². The van der Waals surface area contributed by atoms with Crippen molar-refractivity contribution in [3.05, 3.63) is 90.0 Å². The van der Waals surface area contributed by atoms with Crippen molar-refractivity contribution in [2.24, 2.45) is 0 Å². The van der Waals surface area contributed by atoms with Crippen LogP contribution in [0.4, 0.5) is 0 Å².